The number of nitrogens with two attached hydrogens (primary N) is 1. The molecule has 10 heterocycles. The van der Waals surface area contributed by atoms with E-state index in [1.165, 1.54) is 55.6 Å². The lowest BCUT2D eigenvalue weighted by Crippen LogP contribution is -2.35. The van der Waals surface area contributed by atoms with Crippen molar-refractivity contribution in [2.24, 2.45) is 23.5 Å². The number of nitrogens with one attached hydrogen (secondary N) is 5. The number of carboxylic acids is 1. The van der Waals surface area contributed by atoms with E-state index in [1.54, 1.807) is 58.3 Å². The second-order valence-corrected chi connectivity index (χ2v) is 36.0. The van der Waals surface area contributed by atoms with Gasteiger partial charge in [-0.15, -0.1) is 0 Å². The van der Waals surface area contributed by atoms with Gasteiger partial charge in [0.15, 0.2) is 17.3 Å². The third-order valence-electron chi connectivity index (χ3n) is 27.7. The lowest BCUT2D eigenvalue weighted by atomic mass is 9.84. The number of methoxy groups -OCH3 is 2. The summed E-state index contributed by atoms with van der Waals surface area (Å²) in [5.41, 5.74) is 24.2. The minimum Gasteiger partial charge on any atom is -0.496 e. The summed E-state index contributed by atoms with van der Waals surface area (Å²) >= 11 is 0. The molecule has 0 aliphatic carbocycles. The molecule has 0 spiro atoms. The number of carbonyl (C=O) groups is 4. The van der Waals surface area contributed by atoms with Crippen molar-refractivity contribution in [3.63, 3.8) is 0 Å². The molecule has 8 N–H and O–H groups in total. The van der Waals surface area contributed by atoms with E-state index in [9.17, 15) is 51.4 Å². The molecule has 24 heteroatoms. The van der Waals surface area contributed by atoms with Crippen LogP contribution in [0.1, 0.15) is 238 Å². The molecule has 20 nitrogen and oxygen atoms in total. The number of ether oxygens (including phenoxy) is 2. The van der Waals surface area contributed by atoms with Crippen LogP contribution in [0, 0.1) is 82.6 Å². The van der Waals surface area contributed by atoms with Crippen molar-refractivity contribution >= 4 is 66.9 Å². The first-order valence-corrected chi connectivity index (χ1v) is 46.5. The number of hydrogen-bond donors (Lipinski definition) is 7. The van der Waals surface area contributed by atoms with Gasteiger partial charge in [-0.3, -0.25) is 29.0 Å². The second kappa shape index (κ2) is 43.3. The van der Waals surface area contributed by atoms with Gasteiger partial charge in [-0.2, -0.15) is 0 Å². The largest absolute Gasteiger partial charge is 0.496 e. The van der Waals surface area contributed by atoms with E-state index in [0.29, 0.717) is 52.4 Å². The zero-order valence-corrected chi connectivity index (χ0v) is 79.2. The fourth-order valence-electron chi connectivity index (χ4n) is 20.9. The number of carbonyl (C=O) groups excluding carboxylic acids is 3. The average Bonchev–Trinajstić information content (AvgIpc) is 1.62. The summed E-state index contributed by atoms with van der Waals surface area (Å²) in [5.74, 6) is 0.743. The van der Waals surface area contributed by atoms with E-state index in [0.717, 1.165) is 186 Å². The predicted molar refractivity (Wildman–Crippen MR) is 528 cm³/mol. The average molecular weight is 1830 g/mol. The zero-order chi connectivity index (χ0) is 96.3. The number of aryl methyl sites for hydroxylation is 2. The lowest BCUT2D eigenvalue weighted by Gasteiger charge is -2.35. The Bertz CT molecular complexity index is 6750. The third-order valence-corrected chi connectivity index (χ3v) is 27.7. The van der Waals surface area contributed by atoms with Crippen molar-refractivity contribution in [1.82, 2.24) is 49.2 Å². The quantitative estimate of drug-likeness (QED) is 0.0246. The fourth-order valence-corrected chi connectivity index (χ4v) is 20.9. The predicted octanol–water partition coefficient (Wildman–Crippen LogP) is 23.0. The van der Waals surface area contributed by atoms with Crippen molar-refractivity contribution in [2.45, 2.75) is 183 Å². The van der Waals surface area contributed by atoms with E-state index in [-0.39, 0.29) is 107 Å². The van der Waals surface area contributed by atoms with Crippen LogP contribution >= 0.6 is 0 Å². The van der Waals surface area contributed by atoms with Crippen LogP contribution in [0.3, 0.4) is 0 Å². The molecular weight excluding hydrogens is 1710 g/mol. The van der Waals surface area contributed by atoms with Crippen LogP contribution in [0.15, 0.2) is 234 Å². The van der Waals surface area contributed by atoms with Gasteiger partial charge in [0.2, 0.25) is 0 Å². The molecule has 15 aromatic rings. The molecule has 135 heavy (non-hydrogen) atoms. The van der Waals surface area contributed by atoms with Gasteiger partial charge >= 0.3 is 5.97 Å². The highest BCUT2D eigenvalue weighted by Crippen LogP contribution is 2.44. The van der Waals surface area contributed by atoms with Crippen molar-refractivity contribution in [2.75, 3.05) is 33.9 Å². The maximum absolute atomic E-state index is 13.7. The molecule has 0 saturated carbocycles. The highest BCUT2D eigenvalue weighted by molar-refractivity contribution is 6.11. The van der Waals surface area contributed by atoms with Gasteiger partial charge in [-0.25, -0.2) is 22.4 Å². The van der Waals surface area contributed by atoms with Gasteiger partial charge in [0.1, 0.15) is 34.8 Å². The van der Waals surface area contributed by atoms with Crippen LogP contribution in [0.2, 0.25) is 0 Å². The number of H-pyrrole nitrogens is 2. The van der Waals surface area contributed by atoms with Gasteiger partial charge in [-0.05, 0) is 297 Å². The molecular formula is C111H121F4N11O9. The van der Waals surface area contributed by atoms with E-state index >= 15 is 0 Å². The molecule has 3 aliphatic rings. The lowest BCUT2D eigenvalue weighted by molar-refractivity contribution is 0.0696. The van der Waals surface area contributed by atoms with Crippen molar-refractivity contribution in [3.05, 3.63) is 358 Å². The summed E-state index contributed by atoms with van der Waals surface area (Å²) in [5, 5.41) is 24.2. The van der Waals surface area contributed by atoms with Gasteiger partial charge in [0.25, 0.3) is 11.1 Å². The molecule has 3 aliphatic heterocycles. The molecule has 0 amide bonds. The third kappa shape index (κ3) is 21.4. The molecule has 10 unspecified atom stereocenters. The molecule has 3 fully saturated rings. The van der Waals surface area contributed by atoms with Crippen molar-refractivity contribution < 1.29 is 51.3 Å². The van der Waals surface area contributed by atoms with Crippen molar-refractivity contribution in [3.8, 4) is 22.8 Å². The Morgan fingerprint density at radius 3 is 1.16 bits per heavy atom. The number of carboxylic acid groups (broad SMARTS) is 1. The van der Waals surface area contributed by atoms with Crippen LogP contribution < -0.4 is 42.3 Å². The summed E-state index contributed by atoms with van der Waals surface area (Å²) in [6, 6.07) is 67.4. The second-order valence-electron chi connectivity index (χ2n) is 36.0. The number of piperidine rings is 3. The Kier molecular flexibility index (Phi) is 31.3. The van der Waals surface area contributed by atoms with Crippen molar-refractivity contribution in [1.29, 1.82) is 0 Å². The van der Waals surface area contributed by atoms with Crippen LogP contribution in [-0.4, -0.2) is 95.5 Å². The molecule has 0 radical (unpaired) electrons. The van der Waals surface area contributed by atoms with Gasteiger partial charge in [-0.1, -0.05) is 109 Å². The molecule has 10 atom stereocenters. The van der Waals surface area contributed by atoms with E-state index in [2.05, 4.69) is 95.9 Å². The summed E-state index contributed by atoms with van der Waals surface area (Å²) < 4.78 is 72.8. The minimum absolute atomic E-state index is 0.0141. The Balaban J connectivity index is 0.000000140. The number of halogens is 4. The number of rotatable bonds is 22. The SMILES string of the molecule is CC(=O)c1c(C)n(C(C)C2CCNC(c3ccc(F)cc3)C2)c2ccccc12.CC(=O)c1c(C)n(C(C)c2ccnc(-c3ccc(F)cc3)c2)c2ccccc12.COc1cc(C)[nH]c(=O)c1CCC(=O)c1c(C)n(C(C)C2CCNC(c3ccc(F)cc3)C2)c2ccccc12.COc1cc(C)[nH]c(=O)c1CN.Cc1c(C(=O)O)c2ccccc2n1C(C)C1CCNC(c2ccc(F)cc2)C1. The normalized spacial score (nSPS) is 17.4. The van der Waals surface area contributed by atoms with Crippen LogP contribution in [0.5, 0.6) is 11.5 Å². The number of aromatic nitrogens is 7. The summed E-state index contributed by atoms with van der Waals surface area (Å²) in [7, 11) is 3.06. The zero-order valence-electron chi connectivity index (χ0n) is 79.2. The molecule has 18 rings (SSSR count). The van der Waals surface area contributed by atoms with Gasteiger partial charge in [0.05, 0.1) is 42.6 Å². The first-order chi connectivity index (χ1) is 64.9. The summed E-state index contributed by atoms with van der Waals surface area (Å²) in [4.78, 5) is 83.9. The van der Waals surface area contributed by atoms with E-state index < -0.39 is 5.97 Å². The number of para-hydroxylation sites is 4. The maximum Gasteiger partial charge on any atom is 0.338 e. The number of ketones is 3. The number of hydrogen-bond acceptors (Lipinski definition) is 13. The Morgan fingerprint density at radius 2 is 0.778 bits per heavy atom. The first-order valence-electron chi connectivity index (χ1n) is 46.5. The molecule has 3 saturated heterocycles. The Morgan fingerprint density at radius 1 is 0.444 bits per heavy atom. The highest BCUT2D eigenvalue weighted by Gasteiger charge is 2.36. The number of pyridine rings is 3. The van der Waals surface area contributed by atoms with E-state index in [1.807, 2.05) is 161 Å². The molecule has 7 aromatic heterocycles. The summed E-state index contributed by atoms with van der Waals surface area (Å²) in [6.07, 6.45) is 8.27. The molecule has 702 valence electrons. The monoisotopic (exact) mass is 1830 g/mol. The van der Waals surface area contributed by atoms with Gasteiger partial charge < -0.3 is 64.5 Å². The standard InChI is InChI=1S/C32H36FN3O3.C24H27FN2O.C24H21FN2O.C23H25FN2O2.C8H12N2O2/c1-19-17-30(39-4)26(32(38)35-19)13-14-29(37)31-21(3)36(28-8-6-5-7-25(28)31)20(2)23-15-16-34-27(18-23)22-9-11-24(33)12-10-22;2*1-15(19-12-13-26-22(14-19)18-8-10-20(25)11-9-18)27-16(2)24(17(3)28)21-6-4-5-7-23(21)27;1-14(17-11-12-25-20(13-17)16-7-9-18(24)10-8-16)26-15(2)22(23(27)28)19-5-3-4-6-21(19)26;1-5-3-7(12-2)6(4-9)8(11)10-5/h5-12,17,20,23,27,34H,13-16,18H2,1-4H3,(H,35,38);4-11,15,19,22,26H,12-14H2,1-3H3;4-15H,1-3H3;3-10,14,17,20,25H,11-13H2,1-2H3,(H,27,28);3H,4,9H2,1-2H3,(H,10,11). The fraction of sp³-hybridized carbons (Fsp3) is 0.324. The van der Waals surface area contributed by atoms with Crippen LogP contribution in [0.4, 0.5) is 17.6 Å². The topological polar surface area (TPSA) is 267 Å². The number of nitrogens with zero attached hydrogens (tertiary/aromatic N) is 5. The minimum atomic E-state index is -0.880. The smallest absolute Gasteiger partial charge is 0.338 e. The number of fused-ring (bicyclic) bond motifs is 4. The number of Topliss-reactive ketones (excluding diaryl/α,β-unsaturated/α-hetero) is 3. The Hall–Kier alpha value is -13.4. The molecule has 0 bridgehead atoms. The van der Waals surface area contributed by atoms with Crippen LogP contribution in [-0.2, 0) is 13.0 Å². The highest BCUT2D eigenvalue weighted by atomic mass is 19.1. The first kappa shape index (κ1) is 97.6. The Labute approximate surface area is 784 Å². The number of benzene rings is 8. The van der Waals surface area contributed by atoms with E-state index in [4.69, 9.17) is 15.2 Å². The van der Waals surface area contributed by atoms with Gasteiger partial charge in [0, 0.05) is 155 Å². The summed E-state index contributed by atoms with van der Waals surface area (Å²) in [6.45, 7) is 26.6. The number of aromatic amines is 2. The molecule has 8 aromatic carbocycles. The maximum atomic E-state index is 13.7. The van der Waals surface area contributed by atoms with Crippen LogP contribution in [0.25, 0.3) is 54.9 Å². The number of aromatic carboxylic acids is 1.